The van der Waals surface area contributed by atoms with Crippen LogP contribution in [0.1, 0.15) is 31.7 Å². The summed E-state index contributed by atoms with van der Waals surface area (Å²) in [6.07, 6.45) is 5.55. The lowest BCUT2D eigenvalue weighted by Gasteiger charge is -2.19. The predicted octanol–water partition coefficient (Wildman–Crippen LogP) is 2.61. The van der Waals surface area contributed by atoms with E-state index in [1.807, 2.05) is 12.1 Å². The molecule has 1 N–H and O–H groups in total. The number of benzene rings is 1. The first kappa shape index (κ1) is 18.8. The Morgan fingerprint density at radius 2 is 1.96 bits per heavy atom. The van der Waals surface area contributed by atoms with Crippen molar-refractivity contribution in [3.8, 4) is 11.5 Å². The highest BCUT2D eigenvalue weighted by atomic mass is 16.5. The largest absolute Gasteiger partial charge is 0.493 e. The van der Waals surface area contributed by atoms with Gasteiger partial charge >= 0.3 is 5.97 Å². The Morgan fingerprint density at radius 3 is 2.60 bits per heavy atom. The lowest BCUT2D eigenvalue weighted by molar-refractivity contribution is -0.159. The maximum absolute atomic E-state index is 12.2. The van der Waals surface area contributed by atoms with Crippen molar-refractivity contribution in [2.24, 2.45) is 5.92 Å². The van der Waals surface area contributed by atoms with Crippen LogP contribution in [0.2, 0.25) is 0 Å². The van der Waals surface area contributed by atoms with Crippen molar-refractivity contribution in [2.45, 2.75) is 38.8 Å². The number of nitrogens with one attached hydrogen (secondary N) is 1. The monoisotopic (exact) mass is 347 g/mol. The van der Waals surface area contributed by atoms with Crippen molar-refractivity contribution in [2.75, 3.05) is 14.2 Å². The molecule has 0 aromatic heterocycles. The van der Waals surface area contributed by atoms with E-state index in [-0.39, 0.29) is 17.8 Å². The van der Waals surface area contributed by atoms with Crippen LogP contribution in [-0.2, 0) is 20.9 Å². The molecule has 0 heterocycles. The van der Waals surface area contributed by atoms with Gasteiger partial charge in [0, 0.05) is 6.54 Å². The number of hydrogen-bond acceptors (Lipinski definition) is 5. The molecule has 1 aromatic carbocycles. The first-order valence-corrected chi connectivity index (χ1v) is 8.39. The van der Waals surface area contributed by atoms with Gasteiger partial charge in [0.1, 0.15) is 0 Å². The number of hydrogen-bond donors (Lipinski definition) is 1. The molecule has 136 valence electrons. The third-order valence-electron chi connectivity index (χ3n) is 4.18. The predicted molar refractivity (Wildman–Crippen MR) is 93.4 cm³/mol. The van der Waals surface area contributed by atoms with Crippen molar-refractivity contribution in [1.29, 1.82) is 0 Å². The Balaban J connectivity index is 1.84. The third kappa shape index (κ3) is 5.24. The Hall–Kier alpha value is -2.50. The highest BCUT2D eigenvalue weighted by Gasteiger charge is 2.24. The first-order chi connectivity index (χ1) is 12.0. The summed E-state index contributed by atoms with van der Waals surface area (Å²) in [5, 5.41) is 2.77. The second-order valence-corrected chi connectivity index (χ2v) is 5.97. The summed E-state index contributed by atoms with van der Waals surface area (Å²) in [5.41, 5.74) is 0.863. The molecule has 0 bridgehead atoms. The molecular formula is C19H25NO5. The van der Waals surface area contributed by atoms with Gasteiger partial charge in [0.15, 0.2) is 17.6 Å². The molecule has 1 aliphatic carbocycles. The smallest absolute Gasteiger partial charge is 0.310 e. The third-order valence-corrected chi connectivity index (χ3v) is 4.18. The van der Waals surface area contributed by atoms with E-state index < -0.39 is 6.10 Å². The summed E-state index contributed by atoms with van der Waals surface area (Å²) in [4.78, 5) is 24.2. The van der Waals surface area contributed by atoms with E-state index >= 15 is 0 Å². The number of rotatable bonds is 7. The second-order valence-electron chi connectivity index (χ2n) is 5.97. The number of esters is 1. The van der Waals surface area contributed by atoms with Gasteiger partial charge in [0.25, 0.3) is 5.91 Å². The zero-order valence-electron chi connectivity index (χ0n) is 14.9. The van der Waals surface area contributed by atoms with Gasteiger partial charge in [-0.3, -0.25) is 9.59 Å². The first-order valence-electron chi connectivity index (χ1n) is 8.39. The van der Waals surface area contributed by atoms with Gasteiger partial charge in [0.05, 0.1) is 20.1 Å². The van der Waals surface area contributed by atoms with Crippen LogP contribution >= 0.6 is 0 Å². The number of ether oxygens (including phenoxy) is 3. The highest BCUT2D eigenvalue weighted by Crippen LogP contribution is 2.27. The highest BCUT2D eigenvalue weighted by molar-refractivity contribution is 5.84. The van der Waals surface area contributed by atoms with Crippen LogP contribution in [0.3, 0.4) is 0 Å². The number of amides is 1. The van der Waals surface area contributed by atoms with Gasteiger partial charge in [-0.05, 0) is 43.9 Å². The van der Waals surface area contributed by atoms with Crippen LogP contribution < -0.4 is 14.8 Å². The molecule has 6 heteroatoms. The van der Waals surface area contributed by atoms with E-state index in [1.54, 1.807) is 33.3 Å². The van der Waals surface area contributed by atoms with Crippen LogP contribution in [0.25, 0.3) is 0 Å². The Labute approximate surface area is 148 Å². The fourth-order valence-electron chi connectivity index (χ4n) is 2.66. The second kappa shape index (κ2) is 9.11. The number of methoxy groups -OCH3 is 2. The zero-order valence-corrected chi connectivity index (χ0v) is 14.9. The Bertz CT molecular complexity index is 641. The van der Waals surface area contributed by atoms with Gasteiger partial charge in [-0.2, -0.15) is 0 Å². The van der Waals surface area contributed by atoms with E-state index in [9.17, 15) is 9.59 Å². The molecule has 2 atom stereocenters. The van der Waals surface area contributed by atoms with Crippen LogP contribution in [0.15, 0.2) is 30.4 Å². The minimum absolute atomic E-state index is 0.147. The van der Waals surface area contributed by atoms with E-state index in [2.05, 4.69) is 11.4 Å². The molecule has 0 saturated heterocycles. The SMILES string of the molecule is COc1ccc(CNC(=O)[C@@H](C)OC(=O)[C@H]2CC=CCC2)cc1OC. The van der Waals surface area contributed by atoms with Gasteiger partial charge in [-0.1, -0.05) is 18.2 Å². The Kier molecular flexibility index (Phi) is 6.86. The van der Waals surface area contributed by atoms with Crippen molar-refractivity contribution < 1.29 is 23.8 Å². The maximum Gasteiger partial charge on any atom is 0.310 e. The van der Waals surface area contributed by atoms with Crippen LogP contribution in [0, 0.1) is 5.92 Å². The van der Waals surface area contributed by atoms with Crippen LogP contribution in [0.5, 0.6) is 11.5 Å². The number of carbonyl (C=O) groups is 2. The number of carbonyl (C=O) groups excluding carboxylic acids is 2. The van der Waals surface area contributed by atoms with E-state index in [0.29, 0.717) is 24.5 Å². The lowest BCUT2D eigenvalue weighted by Crippen LogP contribution is -2.36. The number of allylic oxidation sites excluding steroid dienone is 2. The molecule has 0 fully saturated rings. The lowest BCUT2D eigenvalue weighted by atomic mass is 9.95. The molecule has 0 unspecified atom stereocenters. The van der Waals surface area contributed by atoms with Gasteiger partial charge in [-0.15, -0.1) is 0 Å². The quantitative estimate of drug-likeness (QED) is 0.606. The van der Waals surface area contributed by atoms with Crippen LogP contribution in [0.4, 0.5) is 0 Å². The molecule has 0 radical (unpaired) electrons. The van der Waals surface area contributed by atoms with E-state index in [1.165, 1.54) is 0 Å². The van der Waals surface area contributed by atoms with E-state index in [4.69, 9.17) is 14.2 Å². The average molecular weight is 347 g/mol. The summed E-state index contributed by atoms with van der Waals surface area (Å²) in [7, 11) is 3.12. The molecule has 0 spiro atoms. The molecule has 0 saturated carbocycles. The Morgan fingerprint density at radius 1 is 1.20 bits per heavy atom. The fraction of sp³-hybridized carbons (Fsp3) is 0.474. The summed E-state index contributed by atoms with van der Waals surface area (Å²) >= 11 is 0. The molecule has 2 rings (SSSR count). The minimum atomic E-state index is -0.821. The van der Waals surface area contributed by atoms with Gasteiger partial charge < -0.3 is 19.5 Å². The molecular weight excluding hydrogens is 322 g/mol. The summed E-state index contributed by atoms with van der Waals surface area (Å²) in [6, 6.07) is 5.41. The van der Waals surface area contributed by atoms with Crippen molar-refractivity contribution in [3.63, 3.8) is 0 Å². The molecule has 1 aliphatic rings. The topological polar surface area (TPSA) is 73.9 Å². The molecule has 6 nitrogen and oxygen atoms in total. The molecule has 1 aromatic rings. The fourth-order valence-corrected chi connectivity index (χ4v) is 2.66. The van der Waals surface area contributed by atoms with Gasteiger partial charge in [-0.25, -0.2) is 0 Å². The van der Waals surface area contributed by atoms with Gasteiger partial charge in [0.2, 0.25) is 0 Å². The molecule has 25 heavy (non-hydrogen) atoms. The summed E-state index contributed by atoms with van der Waals surface area (Å²) in [5.74, 6) is 0.444. The van der Waals surface area contributed by atoms with Crippen LogP contribution in [-0.4, -0.2) is 32.2 Å². The summed E-state index contributed by atoms with van der Waals surface area (Å²) < 4.78 is 15.7. The maximum atomic E-state index is 12.2. The standard InChI is InChI=1S/C19H25NO5/c1-13(25-19(22)15-7-5-4-6-8-15)18(21)20-12-14-9-10-16(23-2)17(11-14)24-3/h4-5,9-11,13,15H,6-8,12H2,1-3H3,(H,20,21)/t13-,15+/m1/s1. The summed E-state index contributed by atoms with van der Waals surface area (Å²) in [6.45, 7) is 1.90. The minimum Gasteiger partial charge on any atom is -0.493 e. The van der Waals surface area contributed by atoms with Crippen molar-refractivity contribution in [3.05, 3.63) is 35.9 Å². The normalized spacial score (nSPS) is 17.5. The zero-order chi connectivity index (χ0) is 18.2. The molecule has 1 amide bonds. The van der Waals surface area contributed by atoms with Crippen molar-refractivity contribution >= 4 is 11.9 Å². The van der Waals surface area contributed by atoms with E-state index in [0.717, 1.165) is 18.4 Å². The average Bonchev–Trinajstić information content (AvgIpc) is 2.66. The van der Waals surface area contributed by atoms with Crippen molar-refractivity contribution in [1.82, 2.24) is 5.32 Å². The molecule has 0 aliphatic heterocycles.